The van der Waals surface area contributed by atoms with Crippen LogP contribution in [0.25, 0.3) is 16.4 Å². The molecule has 6 rings (SSSR count). The Morgan fingerprint density at radius 1 is 0.811 bits per heavy atom. The number of para-hydroxylation sites is 1. The maximum atomic E-state index is 13.0. The molecule has 5 aromatic rings. The summed E-state index contributed by atoms with van der Waals surface area (Å²) in [5, 5.41) is 14.1. The third kappa shape index (κ3) is 4.28. The number of carbonyl (C=O) groups excluding carboxylic acids is 3. The quantitative estimate of drug-likeness (QED) is 0.290. The van der Waals surface area contributed by atoms with E-state index in [1.165, 1.54) is 11.8 Å². The lowest BCUT2D eigenvalue weighted by atomic mass is 9.84. The maximum Gasteiger partial charge on any atom is 0.234 e. The highest BCUT2D eigenvalue weighted by molar-refractivity contribution is 7.99. The molecule has 9 heteroatoms. The predicted octanol–water partition coefficient (Wildman–Crippen LogP) is 5.50. The Labute approximate surface area is 220 Å². The monoisotopic (exact) mass is 522 g/mol. The van der Waals surface area contributed by atoms with E-state index in [1.54, 1.807) is 53.8 Å². The van der Waals surface area contributed by atoms with Crippen molar-refractivity contribution < 1.29 is 14.4 Å². The summed E-state index contributed by atoms with van der Waals surface area (Å²) in [4.78, 5) is 39.6. The molecule has 0 unspecified atom stereocenters. The van der Waals surface area contributed by atoms with Crippen LogP contribution in [0, 0.1) is 0 Å². The number of nitrogens with zero attached hydrogens (tertiary/aromatic N) is 3. The molecule has 2 heterocycles. The number of fused-ring (bicyclic) bond motifs is 2. The third-order valence-electron chi connectivity index (χ3n) is 5.93. The number of aromatic nitrogens is 3. The number of hydrogen-bond donors (Lipinski definition) is 1. The molecule has 3 aromatic carbocycles. The van der Waals surface area contributed by atoms with Gasteiger partial charge in [-0.25, -0.2) is 0 Å². The number of nitrogens with one attached hydrogen (secondary N) is 1. The standard InChI is InChI=1S/C28H18N4O3S2/c33-24(29-17-12-13-21-22(15-17)26(35)20-10-5-4-9-19(20)25(21)34)16-37-28-31-30-27(23-11-6-14-36-23)32(28)18-7-2-1-3-8-18/h1-15H,16H2,(H,29,33). The highest BCUT2D eigenvalue weighted by atomic mass is 32.2. The van der Waals surface area contributed by atoms with E-state index in [1.807, 2.05) is 52.4 Å². The van der Waals surface area contributed by atoms with Gasteiger partial charge in [-0.2, -0.15) is 0 Å². The molecule has 0 saturated carbocycles. The van der Waals surface area contributed by atoms with E-state index >= 15 is 0 Å². The van der Waals surface area contributed by atoms with Crippen molar-refractivity contribution in [2.75, 3.05) is 11.1 Å². The molecule has 0 radical (unpaired) electrons. The maximum absolute atomic E-state index is 13.0. The number of amides is 1. The summed E-state index contributed by atoms with van der Waals surface area (Å²) in [6.45, 7) is 0. The number of ketones is 2. The number of thiophene rings is 1. The van der Waals surface area contributed by atoms with Crippen molar-refractivity contribution in [1.29, 1.82) is 0 Å². The van der Waals surface area contributed by atoms with Gasteiger partial charge in [0.2, 0.25) is 5.91 Å². The lowest BCUT2D eigenvalue weighted by Gasteiger charge is -2.18. The normalized spacial score (nSPS) is 12.2. The molecule has 0 spiro atoms. The van der Waals surface area contributed by atoms with Crippen molar-refractivity contribution in [2.45, 2.75) is 5.16 Å². The van der Waals surface area contributed by atoms with E-state index in [2.05, 4.69) is 15.5 Å². The van der Waals surface area contributed by atoms with E-state index < -0.39 is 0 Å². The van der Waals surface area contributed by atoms with Crippen LogP contribution >= 0.6 is 23.1 Å². The lowest BCUT2D eigenvalue weighted by Crippen LogP contribution is -2.21. The fourth-order valence-corrected chi connectivity index (χ4v) is 5.69. The van der Waals surface area contributed by atoms with Crippen molar-refractivity contribution in [1.82, 2.24) is 14.8 Å². The van der Waals surface area contributed by atoms with Gasteiger partial charge in [-0.15, -0.1) is 21.5 Å². The van der Waals surface area contributed by atoms with Gasteiger partial charge in [-0.05, 0) is 41.8 Å². The summed E-state index contributed by atoms with van der Waals surface area (Å²) >= 11 is 2.84. The van der Waals surface area contributed by atoms with Gasteiger partial charge in [0.25, 0.3) is 0 Å². The van der Waals surface area contributed by atoms with E-state index in [0.29, 0.717) is 38.9 Å². The molecule has 0 atom stereocenters. The zero-order valence-electron chi connectivity index (χ0n) is 19.3. The second kappa shape index (κ2) is 9.61. The molecular formula is C28H18N4O3S2. The van der Waals surface area contributed by atoms with Crippen molar-refractivity contribution in [3.63, 3.8) is 0 Å². The average Bonchev–Trinajstić information content (AvgIpc) is 3.61. The summed E-state index contributed by atoms with van der Waals surface area (Å²) < 4.78 is 1.93. The van der Waals surface area contributed by atoms with Crippen LogP contribution in [0.1, 0.15) is 31.8 Å². The minimum absolute atomic E-state index is 0.0855. The third-order valence-corrected chi connectivity index (χ3v) is 7.73. The van der Waals surface area contributed by atoms with Gasteiger partial charge in [0.05, 0.1) is 10.6 Å². The zero-order chi connectivity index (χ0) is 25.4. The van der Waals surface area contributed by atoms with Crippen LogP contribution in [0.5, 0.6) is 0 Å². The van der Waals surface area contributed by atoms with Crippen LogP contribution < -0.4 is 5.32 Å². The molecule has 0 bridgehead atoms. The molecule has 1 aliphatic carbocycles. The fourth-order valence-electron chi connectivity index (χ4n) is 4.24. The van der Waals surface area contributed by atoms with E-state index in [9.17, 15) is 14.4 Å². The molecule has 1 N–H and O–H groups in total. The molecule has 0 saturated heterocycles. The van der Waals surface area contributed by atoms with E-state index in [-0.39, 0.29) is 23.2 Å². The molecule has 180 valence electrons. The fraction of sp³-hybridized carbons (Fsp3) is 0.0357. The Morgan fingerprint density at radius 2 is 1.51 bits per heavy atom. The van der Waals surface area contributed by atoms with Crippen molar-refractivity contribution in [3.05, 3.63) is 113 Å². The highest BCUT2D eigenvalue weighted by Crippen LogP contribution is 2.31. The van der Waals surface area contributed by atoms with Gasteiger partial charge in [-0.1, -0.05) is 60.3 Å². The van der Waals surface area contributed by atoms with Gasteiger partial charge < -0.3 is 5.32 Å². The van der Waals surface area contributed by atoms with Crippen LogP contribution in [0.2, 0.25) is 0 Å². The number of anilines is 1. The minimum atomic E-state index is -0.264. The van der Waals surface area contributed by atoms with Gasteiger partial charge in [-0.3, -0.25) is 19.0 Å². The molecule has 0 aliphatic heterocycles. The number of carbonyl (C=O) groups is 3. The molecule has 1 aliphatic rings. The molecule has 7 nitrogen and oxygen atoms in total. The van der Waals surface area contributed by atoms with E-state index in [4.69, 9.17) is 0 Å². The number of rotatable bonds is 6. The Kier molecular flexibility index (Phi) is 5.99. The summed E-state index contributed by atoms with van der Waals surface area (Å²) in [7, 11) is 0. The molecule has 1 amide bonds. The minimum Gasteiger partial charge on any atom is -0.325 e. The van der Waals surface area contributed by atoms with Crippen molar-refractivity contribution in [3.8, 4) is 16.4 Å². The smallest absolute Gasteiger partial charge is 0.234 e. The first-order valence-electron chi connectivity index (χ1n) is 11.4. The second-order valence-electron chi connectivity index (χ2n) is 8.26. The van der Waals surface area contributed by atoms with Gasteiger partial charge in [0.1, 0.15) is 0 Å². The van der Waals surface area contributed by atoms with Crippen molar-refractivity contribution >= 4 is 46.3 Å². The second-order valence-corrected chi connectivity index (χ2v) is 10.1. The first kappa shape index (κ1) is 23.1. The Hall–Kier alpha value is -4.34. The van der Waals surface area contributed by atoms with Crippen LogP contribution in [0.3, 0.4) is 0 Å². The van der Waals surface area contributed by atoms with Crippen LogP contribution in [-0.2, 0) is 4.79 Å². The number of hydrogen-bond acceptors (Lipinski definition) is 7. The van der Waals surface area contributed by atoms with Crippen LogP contribution in [-0.4, -0.2) is 38.0 Å². The predicted molar refractivity (Wildman–Crippen MR) is 144 cm³/mol. The lowest BCUT2D eigenvalue weighted by molar-refractivity contribution is -0.113. The topological polar surface area (TPSA) is 93.9 Å². The van der Waals surface area contributed by atoms with Crippen molar-refractivity contribution in [2.24, 2.45) is 0 Å². The van der Waals surface area contributed by atoms with Gasteiger partial charge >= 0.3 is 0 Å². The summed E-state index contributed by atoms with van der Waals surface area (Å²) in [5.74, 6) is 0.109. The average molecular weight is 523 g/mol. The molecular weight excluding hydrogens is 504 g/mol. The summed E-state index contributed by atoms with van der Waals surface area (Å²) in [5.41, 5.74) is 2.76. The summed E-state index contributed by atoms with van der Waals surface area (Å²) in [6, 6.07) is 25.3. The van der Waals surface area contributed by atoms with Crippen LogP contribution in [0.15, 0.2) is 95.5 Å². The molecule has 37 heavy (non-hydrogen) atoms. The largest absolute Gasteiger partial charge is 0.325 e. The Morgan fingerprint density at radius 3 is 2.24 bits per heavy atom. The first-order chi connectivity index (χ1) is 18.1. The van der Waals surface area contributed by atoms with Gasteiger partial charge in [0, 0.05) is 33.6 Å². The summed E-state index contributed by atoms with van der Waals surface area (Å²) in [6.07, 6.45) is 0. The SMILES string of the molecule is O=C(CSc1nnc(-c2cccs2)n1-c1ccccc1)Nc1ccc2c(c1)C(=O)c1ccccc1C2=O. The Balaban J connectivity index is 1.21. The number of benzene rings is 3. The number of thioether (sulfide) groups is 1. The van der Waals surface area contributed by atoms with E-state index in [0.717, 1.165) is 10.6 Å². The van der Waals surface area contributed by atoms with Gasteiger partial charge in [0.15, 0.2) is 22.5 Å². The zero-order valence-corrected chi connectivity index (χ0v) is 20.9. The van der Waals surface area contributed by atoms with Crippen LogP contribution in [0.4, 0.5) is 5.69 Å². The Bertz CT molecular complexity index is 1660. The first-order valence-corrected chi connectivity index (χ1v) is 13.3. The highest BCUT2D eigenvalue weighted by Gasteiger charge is 2.29. The molecule has 2 aromatic heterocycles. The molecule has 0 fully saturated rings.